The number of benzene rings is 3. The summed E-state index contributed by atoms with van der Waals surface area (Å²) in [6, 6.07) is 22.2. The third kappa shape index (κ3) is 3.50. The number of hydrogen-bond donors (Lipinski definition) is 0. The summed E-state index contributed by atoms with van der Waals surface area (Å²) < 4.78 is 45.1. The van der Waals surface area contributed by atoms with E-state index in [-0.39, 0.29) is 18.3 Å². The lowest BCUT2D eigenvalue weighted by Crippen LogP contribution is -2.30. The van der Waals surface area contributed by atoms with Crippen LogP contribution in [0.5, 0.6) is 0 Å². The van der Waals surface area contributed by atoms with Gasteiger partial charge in [0.2, 0.25) is 5.69 Å². The molecule has 2 aromatic heterocycles. The summed E-state index contributed by atoms with van der Waals surface area (Å²) in [6.45, 7) is 2.11. The third-order valence-corrected chi connectivity index (χ3v) is 8.34. The first-order valence-corrected chi connectivity index (χ1v) is 13.2. The number of para-hydroxylation sites is 1. The Hall–Kier alpha value is -3.39. The standard InChI is InChI=1S/C34H34NO/c1-22-13-18-30-29-11-7-10-28(33(29)36-34(30)32(22)31-12-5-6-19-35(31)2)27-17-16-25-20-24(14-15-26(25)21-27)23-8-3-4-9-23/h5-7,10-13,16-19,21,23-24H,3-4,8-9,14-15,20H2,1-2H3/q+1/i15D2,20D2. The predicted octanol–water partition coefficient (Wildman–Crippen LogP) is 8.35. The average molecular weight is 477 g/mol. The van der Waals surface area contributed by atoms with Crippen molar-refractivity contribution in [2.24, 2.45) is 18.9 Å². The van der Waals surface area contributed by atoms with E-state index in [1.807, 2.05) is 55.7 Å². The highest BCUT2D eigenvalue weighted by molar-refractivity contribution is 6.13. The number of hydrogen-bond acceptors (Lipinski definition) is 1. The van der Waals surface area contributed by atoms with Crippen molar-refractivity contribution in [3.8, 4) is 22.4 Å². The van der Waals surface area contributed by atoms with Crippen LogP contribution in [0.2, 0.25) is 0 Å². The molecular weight excluding hydrogens is 438 g/mol. The van der Waals surface area contributed by atoms with E-state index in [0.29, 0.717) is 11.1 Å². The third-order valence-electron chi connectivity index (χ3n) is 8.34. The van der Waals surface area contributed by atoms with Crippen molar-refractivity contribution >= 4 is 21.9 Å². The van der Waals surface area contributed by atoms with Gasteiger partial charge in [-0.3, -0.25) is 0 Å². The van der Waals surface area contributed by atoms with Gasteiger partial charge in [-0.2, -0.15) is 0 Å². The Morgan fingerprint density at radius 2 is 1.69 bits per heavy atom. The van der Waals surface area contributed by atoms with Crippen molar-refractivity contribution in [3.63, 3.8) is 0 Å². The van der Waals surface area contributed by atoms with E-state index in [9.17, 15) is 0 Å². The number of pyridine rings is 1. The molecule has 0 bridgehead atoms. The molecule has 0 N–H and O–H groups in total. The van der Waals surface area contributed by atoms with Gasteiger partial charge < -0.3 is 4.42 Å². The van der Waals surface area contributed by atoms with E-state index < -0.39 is 12.7 Å². The molecule has 36 heavy (non-hydrogen) atoms. The summed E-state index contributed by atoms with van der Waals surface area (Å²) in [7, 11) is 2.04. The maximum atomic E-state index is 9.11. The lowest BCUT2D eigenvalue weighted by Gasteiger charge is -2.29. The molecule has 0 spiro atoms. The highest BCUT2D eigenvalue weighted by Gasteiger charge is 2.29. The first-order valence-electron chi connectivity index (χ1n) is 15.2. The van der Waals surface area contributed by atoms with E-state index >= 15 is 0 Å². The van der Waals surface area contributed by atoms with Crippen LogP contribution in [0.25, 0.3) is 44.3 Å². The molecule has 1 atom stereocenters. The molecule has 2 aliphatic carbocycles. The Morgan fingerprint density at radius 3 is 2.56 bits per heavy atom. The van der Waals surface area contributed by atoms with Gasteiger partial charge in [0.15, 0.2) is 6.20 Å². The molecule has 0 aliphatic heterocycles. The van der Waals surface area contributed by atoms with E-state index in [2.05, 4.69) is 35.8 Å². The Morgan fingerprint density at radius 1 is 0.833 bits per heavy atom. The monoisotopic (exact) mass is 476 g/mol. The molecule has 2 heteroatoms. The van der Waals surface area contributed by atoms with Gasteiger partial charge in [-0.15, -0.1) is 0 Å². The normalized spacial score (nSPS) is 22.7. The van der Waals surface area contributed by atoms with E-state index in [1.54, 1.807) is 0 Å². The fourth-order valence-electron chi connectivity index (χ4n) is 6.39. The Balaban J connectivity index is 1.40. The van der Waals surface area contributed by atoms with Crippen LogP contribution in [0, 0.1) is 18.8 Å². The molecule has 1 unspecified atom stereocenters. The van der Waals surface area contributed by atoms with Crippen LogP contribution in [-0.4, -0.2) is 0 Å². The maximum absolute atomic E-state index is 9.11. The molecule has 1 fully saturated rings. The molecular formula is C34H34NO+. The lowest BCUT2D eigenvalue weighted by atomic mass is 9.76. The quantitative estimate of drug-likeness (QED) is 0.239. The molecule has 180 valence electrons. The van der Waals surface area contributed by atoms with Gasteiger partial charge in [-0.05, 0) is 66.2 Å². The number of rotatable bonds is 3. The fraction of sp³-hybridized carbons (Fsp3) is 0.324. The highest BCUT2D eigenvalue weighted by atomic mass is 16.3. The fourth-order valence-corrected chi connectivity index (χ4v) is 6.39. The smallest absolute Gasteiger partial charge is 0.216 e. The second-order valence-corrected chi connectivity index (χ2v) is 10.6. The zero-order valence-electron chi connectivity index (χ0n) is 25.0. The van der Waals surface area contributed by atoms with Crippen molar-refractivity contribution in [2.45, 2.75) is 51.8 Å². The molecule has 2 nitrogen and oxygen atoms in total. The van der Waals surface area contributed by atoms with E-state index in [1.165, 1.54) is 0 Å². The highest BCUT2D eigenvalue weighted by Crippen LogP contribution is 2.42. The van der Waals surface area contributed by atoms with Crippen LogP contribution < -0.4 is 4.57 Å². The molecule has 0 saturated heterocycles. The molecule has 2 heterocycles. The van der Waals surface area contributed by atoms with E-state index in [0.717, 1.165) is 75.6 Å². The van der Waals surface area contributed by atoms with Gasteiger partial charge in [-0.1, -0.05) is 74.2 Å². The Kier molecular flexibility index (Phi) is 4.30. The minimum absolute atomic E-state index is 0.229. The lowest BCUT2D eigenvalue weighted by molar-refractivity contribution is -0.660. The molecule has 0 amide bonds. The molecule has 5 aromatic rings. The van der Waals surface area contributed by atoms with Gasteiger partial charge in [0.25, 0.3) is 0 Å². The largest absolute Gasteiger partial charge is 0.454 e. The summed E-state index contributed by atoms with van der Waals surface area (Å²) >= 11 is 0. The van der Waals surface area contributed by atoms with Gasteiger partial charge >= 0.3 is 0 Å². The first-order chi connectivity index (χ1) is 19.2. The summed E-state index contributed by atoms with van der Waals surface area (Å²) in [6.07, 6.45) is 3.39. The summed E-state index contributed by atoms with van der Waals surface area (Å²) in [5.41, 5.74) is 7.62. The number of fused-ring (bicyclic) bond motifs is 4. The zero-order chi connectivity index (χ0) is 27.8. The van der Waals surface area contributed by atoms with Gasteiger partial charge in [0.1, 0.15) is 18.2 Å². The van der Waals surface area contributed by atoms with Gasteiger partial charge in [0.05, 0.1) is 5.56 Å². The van der Waals surface area contributed by atoms with E-state index in [4.69, 9.17) is 9.90 Å². The Bertz CT molecular complexity index is 1780. The van der Waals surface area contributed by atoms with Gasteiger partial charge in [0, 0.05) is 34.0 Å². The second kappa shape index (κ2) is 8.62. The van der Waals surface area contributed by atoms with Crippen LogP contribution in [0.4, 0.5) is 0 Å². The van der Waals surface area contributed by atoms with Crippen molar-refractivity contribution in [3.05, 3.63) is 89.6 Å². The van der Waals surface area contributed by atoms with Crippen LogP contribution in [-0.2, 0) is 19.8 Å². The minimum Gasteiger partial charge on any atom is -0.454 e. The zero-order valence-corrected chi connectivity index (χ0v) is 21.0. The number of aryl methyl sites for hydroxylation is 3. The molecule has 7 rings (SSSR count). The topological polar surface area (TPSA) is 17.0 Å². The summed E-state index contributed by atoms with van der Waals surface area (Å²) in [5.74, 6) is -0.0330. The van der Waals surface area contributed by atoms with Crippen LogP contribution in [0.15, 0.2) is 77.3 Å². The molecule has 3 aromatic carbocycles. The number of furan rings is 1. The van der Waals surface area contributed by atoms with Crippen molar-refractivity contribution < 1.29 is 14.5 Å². The van der Waals surface area contributed by atoms with Crippen molar-refractivity contribution in [1.82, 2.24) is 0 Å². The summed E-state index contributed by atoms with van der Waals surface area (Å²) in [5, 5.41) is 2.06. The Labute approximate surface area is 219 Å². The molecule has 0 radical (unpaired) electrons. The van der Waals surface area contributed by atoms with Gasteiger partial charge in [-0.25, -0.2) is 4.57 Å². The first kappa shape index (κ1) is 17.9. The maximum Gasteiger partial charge on any atom is 0.216 e. The van der Waals surface area contributed by atoms with Crippen molar-refractivity contribution in [2.75, 3.05) is 0 Å². The van der Waals surface area contributed by atoms with Crippen LogP contribution in [0.1, 0.15) is 54.3 Å². The molecule has 2 aliphatic rings. The molecule has 1 saturated carbocycles. The van der Waals surface area contributed by atoms with Crippen molar-refractivity contribution in [1.29, 1.82) is 0 Å². The average Bonchev–Trinajstić information content (AvgIpc) is 3.60. The number of aromatic nitrogens is 1. The number of nitrogens with zero attached hydrogens (tertiary/aromatic N) is 1. The minimum atomic E-state index is -1.59. The van der Waals surface area contributed by atoms with Crippen LogP contribution in [0.3, 0.4) is 0 Å². The second-order valence-electron chi connectivity index (χ2n) is 10.6. The summed E-state index contributed by atoms with van der Waals surface area (Å²) in [4.78, 5) is 0. The predicted molar refractivity (Wildman–Crippen MR) is 148 cm³/mol. The SMILES string of the molecule is [2H]C1([2H])CC(C2CCCC2)C([2H])([2H])c2ccc(-c3cccc4c3oc3c(-c5cccc[n+]5C)c(C)ccc34)cc21. The van der Waals surface area contributed by atoms with Crippen LogP contribution >= 0.6 is 0 Å².